The number of nitrogens with zero attached hydrogens (tertiary/aromatic N) is 1. The van der Waals surface area contributed by atoms with Crippen molar-refractivity contribution in [1.82, 2.24) is 4.90 Å². The van der Waals surface area contributed by atoms with Gasteiger partial charge in [-0.3, -0.25) is 4.90 Å². The molecule has 0 saturated carbocycles. The third kappa shape index (κ3) is 2.13. The van der Waals surface area contributed by atoms with Crippen molar-refractivity contribution in [1.29, 1.82) is 0 Å². The lowest BCUT2D eigenvalue weighted by molar-refractivity contribution is 0.0614. The Bertz CT molecular complexity index is 136. The second-order valence-electron chi connectivity index (χ2n) is 4.17. The molecule has 0 aromatic rings. The van der Waals surface area contributed by atoms with E-state index in [1.807, 2.05) is 0 Å². The first-order valence-corrected chi connectivity index (χ1v) is 5.13. The number of fused-ring (bicyclic) bond motifs is 1. The molecule has 1 nitrogen and oxygen atoms in total. The van der Waals surface area contributed by atoms with Gasteiger partial charge in [0.05, 0.1) is 0 Å². The number of hydrogen-bond donors (Lipinski definition) is 0. The molecule has 0 spiro atoms. The Labute approximate surface area is 92.9 Å². The monoisotopic (exact) mass is 281 g/mol. The van der Waals surface area contributed by atoms with Crippen molar-refractivity contribution < 1.29 is 0 Å². The van der Waals surface area contributed by atoms with Gasteiger partial charge in [0.25, 0.3) is 0 Å². The van der Waals surface area contributed by atoms with Gasteiger partial charge in [0, 0.05) is 12.1 Å². The van der Waals surface area contributed by atoms with Gasteiger partial charge in [-0.25, -0.2) is 0 Å². The number of hydrogen-bond acceptors (Lipinski definition) is 1. The third-order valence-corrected chi connectivity index (χ3v) is 3.40. The van der Waals surface area contributed by atoms with E-state index in [9.17, 15) is 0 Å². The van der Waals surface area contributed by atoms with Crippen molar-refractivity contribution >= 4 is 24.0 Å². The minimum Gasteiger partial charge on any atom is -0.298 e. The number of rotatable bonds is 0. The predicted molar refractivity (Wildman–Crippen MR) is 63.1 cm³/mol. The number of piperidine rings is 2. The van der Waals surface area contributed by atoms with Crippen LogP contribution >= 0.6 is 24.0 Å². The zero-order valence-corrected chi connectivity index (χ0v) is 10.3. The minimum atomic E-state index is 0. The van der Waals surface area contributed by atoms with E-state index in [4.69, 9.17) is 0 Å². The van der Waals surface area contributed by atoms with Gasteiger partial charge in [0.2, 0.25) is 0 Å². The van der Waals surface area contributed by atoms with Crippen LogP contribution in [0.3, 0.4) is 0 Å². The topological polar surface area (TPSA) is 3.24 Å². The molecule has 12 heavy (non-hydrogen) atoms. The standard InChI is InChI=1S/C10H19N.HI/c1-9-5-4-7-10-6-2-3-8-11(9)10;/h9-10H,2-8H2,1H3;1H. The zero-order valence-electron chi connectivity index (χ0n) is 7.96. The molecule has 0 radical (unpaired) electrons. The van der Waals surface area contributed by atoms with E-state index < -0.39 is 0 Å². The summed E-state index contributed by atoms with van der Waals surface area (Å²) in [7, 11) is 0. The fraction of sp³-hybridized carbons (Fsp3) is 1.00. The van der Waals surface area contributed by atoms with E-state index in [1.54, 1.807) is 0 Å². The lowest BCUT2D eigenvalue weighted by atomic mass is 9.90. The van der Waals surface area contributed by atoms with Crippen molar-refractivity contribution in [2.75, 3.05) is 6.54 Å². The highest BCUT2D eigenvalue weighted by atomic mass is 127. The molecular weight excluding hydrogens is 261 g/mol. The van der Waals surface area contributed by atoms with Crippen LogP contribution in [0, 0.1) is 0 Å². The van der Waals surface area contributed by atoms with Crippen LogP contribution in [0.25, 0.3) is 0 Å². The molecule has 2 fully saturated rings. The maximum Gasteiger partial charge on any atom is 0.00980 e. The van der Waals surface area contributed by atoms with Crippen LogP contribution in [-0.2, 0) is 0 Å². The van der Waals surface area contributed by atoms with Crippen LogP contribution in [0.2, 0.25) is 0 Å². The summed E-state index contributed by atoms with van der Waals surface area (Å²) in [5, 5.41) is 0. The van der Waals surface area contributed by atoms with Gasteiger partial charge in [0.1, 0.15) is 0 Å². The lowest BCUT2D eigenvalue weighted by Crippen LogP contribution is -2.47. The molecule has 0 amide bonds. The molecular formula is C10H20IN. The Hall–Kier alpha value is 0.690. The van der Waals surface area contributed by atoms with Crippen molar-refractivity contribution in [2.45, 2.75) is 57.5 Å². The summed E-state index contributed by atoms with van der Waals surface area (Å²) in [6, 6.07) is 1.85. The Balaban J connectivity index is 0.000000720. The van der Waals surface area contributed by atoms with Gasteiger partial charge >= 0.3 is 0 Å². The maximum atomic E-state index is 2.74. The average molecular weight is 281 g/mol. The van der Waals surface area contributed by atoms with E-state index in [0.717, 1.165) is 12.1 Å². The van der Waals surface area contributed by atoms with E-state index >= 15 is 0 Å². The molecule has 0 aromatic carbocycles. The third-order valence-electron chi connectivity index (χ3n) is 3.40. The summed E-state index contributed by atoms with van der Waals surface area (Å²) >= 11 is 0. The van der Waals surface area contributed by atoms with Gasteiger partial charge < -0.3 is 0 Å². The molecule has 0 aliphatic carbocycles. The Kier molecular flexibility index (Phi) is 4.30. The van der Waals surface area contributed by atoms with E-state index in [1.165, 1.54) is 45.1 Å². The molecule has 2 aliphatic rings. The summed E-state index contributed by atoms with van der Waals surface area (Å²) in [5.74, 6) is 0. The van der Waals surface area contributed by atoms with Gasteiger partial charge in [-0.05, 0) is 39.2 Å². The number of halogens is 1. The Morgan fingerprint density at radius 1 is 1.00 bits per heavy atom. The van der Waals surface area contributed by atoms with Crippen LogP contribution in [0.4, 0.5) is 0 Å². The van der Waals surface area contributed by atoms with Gasteiger partial charge in [-0.15, -0.1) is 24.0 Å². The highest BCUT2D eigenvalue weighted by Gasteiger charge is 2.29. The van der Waals surface area contributed by atoms with E-state index in [-0.39, 0.29) is 24.0 Å². The SMILES string of the molecule is CC1CCCC2CCCCN12.I. The molecule has 0 N–H and O–H groups in total. The summed E-state index contributed by atoms with van der Waals surface area (Å²) < 4.78 is 0. The first-order chi connectivity index (χ1) is 5.38. The fourth-order valence-electron chi connectivity index (χ4n) is 2.73. The molecule has 2 rings (SSSR count). The smallest absolute Gasteiger partial charge is 0.00980 e. The van der Waals surface area contributed by atoms with E-state index in [0.29, 0.717) is 0 Å². The minimum absolute atomic E-state index is 0. The van der Waals surface area contributed by atoms with Crippen molar-refractivity contribution in [2.24, 2.45) is 0 Å². The molecule has 2 saturated heterocycles. The van der Waals surface area contributed by atoms with Gasteiger partial charge in [-0.2, -0.15) is 0 Å². The van der Waals surface area contributed by atoms with Crippen LogP contribution in [0.5, 0.6) is 0 Å². The molecule has 0 bridgehead atoms. The molecule has 72 valence electrons. The normalized spacial score (nSPS) is 36.8. The average Bonchev–Trinajstić information content (AvgIpc) is 2.06. The summed E-state index contributed by atoms with van der Waals surface area (Å²) in [4.78, 5) is 2.74. The second-order valence-corrected chi connectivity index (χ2v) is 4.17. The first kappa shape index (κ1) is 10.8. The maximum absolute atomic E-state index is 2.74. The first-order valence-electron chi connectivity index (χ1n) is 5.13. The molecule has 2 unspecified atom stereocenters. The van der Waals surface area contributed by atoms with Crippen molar-refractivity contribution in [3.05, 3.63) is 0 Å². The lowest BCUT2D eigenvalue weighted by Gasteiger charge is -2.43. The van der Waals surface area contributed by atoms with Crippen molar-refractivity contribution in [3.63, 3.8) is 0 Å². The quantitative estimate of drug-likeness (QED) is 0.617. The van der Waals surface area contributed by atoms with Crippen LogP contribution in [0.15, 0.2) is 0 Å². The molecule has 0 aromatic heterocycles. The molecule has 2 aliphatic heterocycles. The highest BCUT2D eigenvalue weighted by Crippen LogP contribution is 2.29. The van der Waals surface area contributed by atoms with E-state index in [2.05, 4.69) is 11.8 Å². The Morgan fingerprint density at radius 2 is 1.75 bits per heavy atom. The van der Waals surface area contributed by atoms with Crippen molar-refractivity contribution in [3.8, 4) is 0 Å². The molecule has 2 atom stereocenters. The second kappa shape index (κ2) is 4.80. The fourth-order valence-corrected chi connectivity index (χ4v) is 2.73. The van der Waals surface area contributed by atoms with Crippen LogP contribution in [0.1, 0.15) is 45.4 Å². The van der Waals surface area contributed by atoms with Crippen LogP contribution < -0.4 is 0 Å². The summed E-state index contributed by atoms with van der Waals surface area (Å²) in [5.41, 5.74) is 0. The highest BCUT2D eigenvalue weighted by molar-refractivity contribution is 14.0. The summed E-state index contributed by atoms with van der Waals surface area (Å²) in [6.45, 7) is 3.78. The van der Waals surface area contributed by atoms with Gasteiger partial charge in [-0.1, -0.05) is 12.8 Å². The zero-order chi connectivity index (χ0) is 7.68. The van der Waals surface area contributed by atoms with Gasteiger partial charge in [0.15, 0.2) is 0 Å². The molecule has 2 heterocycles. The predicted octanol–water partition coefficient (Wildman–Crippen LogP) is 3.03. The van der Waals surface area contributed by atoms with Crippen LogP contribution in [-0.4, -0.2) is 23.5 Å². The Morgan fingerprint density at radius 3 is 2.50 bits per heavy atom. The molecule has 2 heteroatoms. The largest absolute Gasteiger partial charge is 0.298 e. The summed E-state index contributed by atoms with van der Waals surface area (Å²) in [6.07, 6.45) is 8.79.